The number of hydrogen-bond donors (Lipinski definition) is 1. The molecular weight excluding hydrogens is 841 g/mol. The van der Waals surface area contributed by atoms with Gasteiger partial charge in [-0.25, -0.2) is 4.79 Å². The smallest absolute Gasteiger partial charge is 0.416 e. The van der Waals surface area contributed by atoms with Crippen LogP contribution < -0.4 is 0 Å². The van der Waals surface area contributed by atoms with Crippen LogP contribution in [0.3, 0.4) is 0 Å². The highest BCUT2D eigenvalue weighted by Crippen LogP contribution is 2.48. The van der Waals surface area contributed by atoms with E-state index in [0.717, 1.165) is 10.5 Å². The largest absolute Gasteiger partial charge is 0.465 e. The molecule has 0 saturated carbocycles. The first-order chi connectivity index (χ1) is 28.2. The lowest BCUT2D eigenvalue weighted by Gasteiger charge is -2.46. The van der Waals surface area contributed by atoms with Gasteiger partial charge in [0, 0.05) is 51.3 Å². The number of morpholine rings is 1. The first-order valence-electron chi connectivity index (χ1n) is 19.5. The predicted octanol–water partition coefficient (Wildman–Crippen LogP) is 8.22. The Morgan fingerprint density at radius 2 is 1.53 bits per heavy atom. The van der Waals surface area contributed by atoms with Crippen LogP contribution in [0.4, 0.5) is 31.1 Å². The van der Waals surface area contributed by atoms with Crippen molar-refractivity contribution in [2.75, 3.05) is 73.1 Å². The topological polar surface area (TPSA) is 103 Å². The Morgan fingerprint density at radius 3 is 2.17 bits per heavy atom. The number of carbonyl (C=O) groups excluding carboxylic acids is 2. The summed E-state index contributed by atoms with van der Waals surface area (Å²) in [5.41, 5.74) is -2.65. The fourth-order valence-corrected chi connectivity index (χ4v) is 8.89. The zero-order valence-corrected chi connectivity index (χ0v) is 34.6. The average Bonchev–Trinajstić information content (AvgIpc) is 3.51. The fraction of sp³-hybridized carbons (Fsp3) is 0.500. The van der Waals surface area contributed by atoms with Crippen LogP contribution in [0.5, 0.6) is 0 Å². The Bertz CT molecular complexity index is 2030. The van der Waals surface area contributed by atoms with Gasteiger partial charge in [0.1, 0.15) is 12.2 Å². The number of hydrogen-bond acceptors (Lipinski definition) is 6. The number of carboxylic acid groups (broad SMARTS) is 1. The number of fused-ring (bicyclic) bond motifs is 2. The third-order valence-corrected chi connectivity index (χ3v) is 12.8. The number of carbonyl (C=O) groups is 3. The molecular formula is C42H46Cl2F6N4O6. The van der Waals surface area contributed by atoms with Crippen molar-refractivity contribution in [1.29, 1.82) is 0 Å². The summed E-state index contributed by atoms with van der Waals surface area (Å²) in [7, 11) is 3.13. The summed E-state index contributed by atoms with van der Waals surface area (Å²) in [5, 5.41) is 9.56. The van der Waals surface area contributed by atoms with Gasteiger partial charge in [0.2, 0.25) is 5.91 Å². The van der Waals surface area contributed by atoms with Crippen molar-refractivity contribution in [1.82, 2.24) is 19.6 Å². The summed E-state index contributed by atoms with van der Waals surface area (Å²) < 4.78 is 95.2. The molecule has 2 aliphatic heterocycles. The van der Waals surface area contributed by atoms with Gasteiger partial charge in [0.05, 0.1) is 40.4 Å². The van der Waals surface area contributed by atoms with Crippen LogP contribution in [0.2, 0.25) is 10.0 Å². The minimum Gasteiger partial charge on any atom is -0.465 e. The molecule has 6 rings (SSSR count). The number of amides is 3. The molecule has 10 nitrogen and oxygen atoms in total. The van der Waals surface area contributed by atoms with Crippen LogP contribution in [0.1, 0.15) is 63.9 Å². The zero-order chi connectivity index (χ0) is 43.6. The molecule has 0 radical (unpaired) electrons. The van der Waals surface area contributed by atoms with Gasteiger partial charge in [-0.1, -0.05) is 53.5 Å². The van der Waals surface area contributed by atoms with Crippen LogP contribution in [0.15, 0.2) is 60.7 Å². The second-order valence-electron chi connectivity index (χ2n) is 15.8. The van der Waals surface area contributed by atoms with Gasteiger partial charge in [0.15, 0.2) is 0 Å². The summed E-state index contributed by atoms with van der Waals surface area (Å²) in [5.74, 6) is -1.21. The van der Waals surface area contributed by atoms with E-state index in [2.05, 4.69) is 17.0 Å². The molecule has 1 spiro atoms. The average molecular weight is 888 g/mol. The van der Waals surface area contributed by atoms with Crippen LogP contribution >= 0.6 is 23.2 Å². The molecule has 2 heterocycles. The Hall–Kier alpha value is -4.09. The minimum absolute atomic E-state index is 0.00973. The number of ether oxygens (including phenoxy) is 2. The molecule has 3 amide bonds. The number of halogens is 8. The Morgan fingerprint density at radius 1 is 0.883 bits per heavy atom. The van der Waals surface area contributed by atoms with E-state index in [1.807, 2.05) is 12.1 Å². The fourth-order valence-electron chi connectivity index (χ4n) is 8.59. The minimum atomic E-state index is -5.12. The maximum Gasteiger partial charge on any atom is 0.416 e. The van der Waals surface area contributed by atoms with Crippen molar-refractivity contribution in [3.63, 3.8) is 0 Å². The predicted molar refractivity (Wildman–Crippen MR) is 211 cm³/mol. The van der Waals surface area contributed by atoms with E-state index in [1.54, 1.807) is 25.2 Å². The first-order valence-corrected chi connectivity index (χ1v) is 20.3. The Balaban J connectivity index is 1.17. The maximum atomic E-state index is 13.8. The SMILES string of the molecule is CN(CCCN(C)C(=O)CO[C@H]1Cc2ccccc2C12CCN(CC[C@]1(c3ccc(Cl)c(Cl)c3)CN(C(=O)c3cc(C(F)(F)F)cc(C(F)(F)F)c3)CCO1)CC2)C(=O)O. The number of likely N-dealkylation sites (N-methyl/N-ethyl adjacent to an activating group) is 1. The highest BCUT2D eigenvalue weighted by Gasteiger charge is 2.50. The van der Waals surface area contributed by atoms with Crippen molar-refractivity contribution in [2.45, 2.75) is 61.6 Å². The second-order valence-corrected chi connectivity index (χ2v) is 16.6. The summed E-state index contributed by atoms with van der Waals surface area (Å²) in [6.07, 6.45) is -8.77. The molecule has 0 aromatic heterocycles. The number of likely N-dealkylation sites (tertiary alicyclic amines) is 1. The summed E-state index contributed by atoms with van der Waals surface area (Å²) in [4.78, 5) is 44.2. The summed E-state index contributed by atoms with van der Waals surface area (Å²) in [6, 6.07) is 13.8. The molecule has 1 N–H and O–H groups in total. The van der Waals surface area contributed by atoms with Crippen molar-refractivity contribution in [3.8, 4) is 0 Å². The molecule has 0 bridgehead atoms. The second kappa shape index (κ2) is 18.1. The van der Waals surface area contributed by atoms with Gasteiger partial charge in [-0.3, -0.25) is 9.59 Å². The van der Waals surface area contributed by atoms with Gasteiger partial charge >= 0.3 is 18.4 Å². The summed E-state index contributed by atoms with van der Waals surface area (Å²) in [6.45, 7) is 1.92. The zero-order valence-electron chi connectivity index (χ0n) is 33.1. The van der Waals surface area contributed by atoms with Gasteiger partial charge in [0.25, 0.3) is 5.91 Å². The number of nitrogens with zero attached hydrogens (tertiary/aromatic N) is 4. The van der Waals surface area contributed by atoms with Crippen molar-refractivity contribution in [3.05, 3.63) is 104 Å². The molecule has 3 aromatic rings. The molecule has 0 unspecified atom stereocenters. The number of alkyl halides is 6. The van der Waals surface area contributed by atoms with Crippen molar-refractivity contribution >= 4 is 41.1 Å². The third kappa shape index (κ3) is 9.99. The number of benzene rings is 3. The molecule has 1 aliphatic carbocycles. The van der Waals surface area contributed by atoms with E-state index < -0.39 is 46.6 Å². The molecule has 3 aliphatic rings. The quantitative estimate of drug-likeness (QED) is 0.183. The third-order valence-electron chi connectivity index (χ3n) is 12.1. The lowest BCUT2D eigenvalue weighted by atomic mass is 9.72. The van der Waals surface area contributed by atoms with E-state index in [4.69, 9.17) is 37.8 Å². The van der Waals surface area contributed by atoms with Crippen molar-refractivity contribution < 1.29 is 55.3 Å². The lowest BCUT2D eigenvalue weighted by Crippen LogP contribution is -2.54. The normalized spacial score (nSPS) is 20.6. The van der Waals surface area contributed by atoms with E-state index >= 15 is 0 Å². The molecule has 60 heavy (non-hydrogen) atoms. The molecule has 2 atom stereocenters. The summed E-state index contributed by atoms with van der Waals surface area (Å²) >= 11 is 12.7. The van der Waals surface area contributed by atoms with Gasteiger partial charge < -0.3 is 34.2 Å². The van der Waals surface area contributed by atoms with E-state index in [-0.39, 0.29) is 72.8 Å². The van der Waals surface area contributed by atoms with Gasteiger partial charge in [-0.05, 0) is 92.2 Å². The molecule has 3 aromatic carbocycles. The van der Waals surface area contributed by atoms with Crippen LogP contribution in [-0.4, -0.2) is 122 Å². The highest BCUT2D eigenvalue weighted by molar-refractivity contribution is 6.42. The highest BCUT2D eigenvalue weighted by atomic mass is 35.5. The monoisotopic (exact) mass is 886 g/mol. The van der Waals surface area contributed by atoms with Crippen LogP contribution in [-0.2, 0) is 44.1 Å². The first kappa shape index (κ1) is 45.4. The standard InChI is InChI=1S/C42H46Cl2F6N4O6/c1-51(13-5-14-52(2)38(57)58)36(55)25-59-35-22-27-6-3-4-7-32(27)39(35)10-15-53(16-11-39)17-12-40(29-8-9-33(43)34(44)24-29)26-54(18-19-60-40)37(56)28-20-30(41(45,46)47)23-31(21-28)42(48,49)50/h3-4,6-9,20-21,23-24,35H,5,10-19,22,25-26H2,1-2H3,(H,57,58)/t35-,40+/m0/s1. The molecule has 326 valence electrons. The number of rotatable bonds is 12. The van der Waals surface area contributed by atoms with Crippen LogP contribution in [0, 0.1) is 0 Å². The van der Waals surface area contributed by atoms with Gasteiger partial charge in [-0.15, -0.1) is 0 Å². The molecule has 2 fully saturated rings. The Kier molecular flexibility index (Phi) is 13.7. The van der Waals surface area contributed by atoms with E-state index in [1.165, 1.54) is 22.4 Å². The van der Waals surface area contributed by atoms with Gasteiger partial charge in [-0.2, -0.15) is 26.3 Å². The van der Waals surface area contributed by atoms with Crippen molar-refractivity contribution in [2.24, 2.45) is 0 Å². The lowest BCUT2D eigenvalue weighted by molar-refractivity contribution is -0.143. The van der Waals surface area contributed by atoms with E-state index in [9.17, 15) is 40.7 Å². The molecule has 18 heteroatoms. The Labute approximate surface area is 353 Å². The number of piperidine rings is 1. The molecule has 2 saturated heterocycles. The van der Waals surface area contributed by atoms with Crippen LogP contribution in [0.25, 0.3) is 0 Å². The maximum absolute atomic E-state index is 13.8. The van der Waals surface area contributed by atoms with E-state index in [0.29, 0.717) is 69.6 Å².